The number of oxazole rings is 1. The number of primary sulfonamides is 1. The van der Waals surface area contributed by atoms with Gasteiger partial charge in [0.1, 0.15) is 22.7 Å². The van der Waals surface area contributed by atoms with Gasteiger partial charge in [0.2, 0.25) is 10.0 Å². The summed E-state index contributed by atoms with van der Waals surface area (Å²) in [5.74, 6) is -1.35. The summed E-state index contributed by atoms with van der Waals surface area (Å²) in [6.07, 6.45) is 1.13. The first-order chi connectivity index (χ1) is 12.2. The second-order valence-electron chi connectivity index (χ2n) is 5.23. The lowest BCUT2D eigenvalue weighted by atomic mass is 10.1. The highest BCUT2D eigenvalue weighted by Gasteiger charge is 2.18. The van der Waals surface area contributed by atoms with Crippen LogP contribution in [0.25, 0.3) is 16.9 Å². The molecule has 0 fully saturated rings. The molecule has 1 heterocycles. The minimum Gasteiger partial charge on any atom is -0.495 e. The van der Waals surface area contributed by atoms with Gasteiger partial charge in [-0.25, -0.2) is 27.3 Å². The average molecular weight is 399 g/mol. The molecule has 136 valence electrons. The zero-order valence-corrected chi connectivity index (χ0v) is 14.8. The van der Waals surface area contributed by atoms with Gasteiger partial charge in [-0.3, -0.25) is 0 Å². The van der Waals surface area contributed by atoms with Crippen molar-refractivity contribution in [1.29, 1.82) is 0 Å². The van der Waals surface area contributed by atoms with Gasteiger partial charge < -0.3 is 9.15 Å². The molecular weight excluding hydrogens is 387 g/mol. The van der Waals surface area contributed by atoms with Gasteiger partial charge in [0, 0.05) is 5.56 Å². The Bertz CT molecular complexity index is 1150. The summed E-state index contributed by atoms with van der Waals surface area (Å²) in [6.45, 7) is 0. The number of benzene rings is 2. The second kappa shape index (κ2) is 6.60. The minimum atomic E-state index is -4.20. The predicted molar refractivity (Wildman–Crippen MR) is 92.6 cm³/mol. The molecule has 7 nitrogen and oxygen atoms in total. The summed E-state index contributed by atoms with van der Waals surface area (Å²) in [5, 5.41) is 5.21. The Balaban J connectivity index is 2.16. The monoisotopic (exact) mass is 398 g/mol. The maximum atomic E-state index is 14.1. The van der Waals surface area contributed by atoms with E-state index < -0.39 is 26.5 Å². The summed E-state index contributed by atoms with van der Waals surface area (Å²) >= 11 is 6.08. The van der Waals surface area contributed by atoms with Gasteiger partial charge in [-0.15, -0.1) is 0 Å². The third-order valence-corrected chi connectivity index (χ3v) is 4.86. The zero-order chi connectivity index (χ0) is 19.1. The number of ether oxygens (including phenoxy) is 1. The van der Waals surface area contributed by atoms with E-state index in [1.165, 1.54) is 19.2 Å². The van der Waals surface area contributed by atoms with Crippen molar-refractivity contribution in [3.05, 3.63) is 64.1 Å². The lowest BCUT2D eigenvalue weighted by Gasteiger charge is -2.09. The van der Waals surface area contributed by atoms with E-state index in [1.54, 1.807) is 12.1 Å². The number of hydrogen-bond acceptors (Lipinski definition) is 5. The molecule has 3 rings (SSSR count). The molecule has 1 aromatic heterocycles. The SMILES string of the molecule is COc1ccc(-n2c(-c3ccc(S(N)(=O)=O)c(F)c3)coc2=O)cc1Cl. The van der Waals surface area contributed by atoms with Crippen LogP contribution in [-0.4, -0.2) is 20.1 Å². The van der Waals surface area contributed by atoms with Gasteiger partial charge in [-0.05, 0) is 30.3 Å². The van der Waals surface area contributed by atoms with Gasteiger partial charge in [0.15, 0.2) is 0 Å². The number of rotatable bonds is 4. The molecule has 10 heteroatoms. The molecule has 0 aliphatic rings. The maximum absolute atomic E-state index is 14.1. The highest BCUT2D eigenvalue weighted by molar-refractivity contribution is 7.89. The van der Waals surface area contributed by atoms with E-state index in [-0.39, 0.29) is 16.3 Å². The van der Waals surface area contributed by atoms with E-state index in [4.69, 9.17) is 25.9 Å². The number of methoxy groups -OCH3 is 1. The Hall–Kier alpha value is -2.62. The fourth-order valence-corrected chi connectivity index (χ4v) is 3.28. The van der Waals surface area contributed by atoms with Crippen molar-refractivity contribution in [3.63, 3.8) is 0 Å². The quantitative estimate of drug-likeness (QED) is 0.727. The van der Waals surface area contributed by atoms with Gasteiger partial charge in [-0.2, -0.15) is 0 Å². The van der Waals surface area contributed by atoms with Gasteiger partial charge >= 0.3 is 5.76 Å². The Labute approximate surface area is 152 Å². The van der Waals surface area contributed by atoms with Gasteiger partial charge in [0.05, 0.1) is 23.5 Å². The first kappa shape index (κ1) is 18.2. The Morgan fingerprint density at radius 3 is 2.54 bits per heavy atom. The summed E-state index contributed by atoms with van der Waals surface area (Å²) in [4.78, 5) is 11.5. The maximum Gasteiger partial charge on any atom is 0.424 e. The molecule has 0 radical (unpaired) electrons. The topological polar surface area (TPSA) is 105 Å². The van der Waals surface area contributed by atoms with Crippen LogP contribution in [0.15, 0.2) is 56.8 Å². The predicted octanol–water partition coefficient (Wildman–Crippen LogP) is 2.55. The first-order valence-corrected chi connectivity index (χ1v) is 9.02. The Morgan fingerprint density at radius 2 is 1.96 bits per heavy atom. The highest BCUT2D eigenvalue weighted by atomic mass is 35.5. The standard InChI is InChI=1S/C16H12ClFN2O5S/c1-24-14-4-3-10(7-11(14)17)20-13(8-25-16(20)21)9-2-5-15(12(18)6-9)26(19,22)23/h2-8H,1H3,(H2,19,22,23). The van der Waals surface area contributed by atoms with Crippen molar-refractivity contribution < 1.29 is 22.0 Å². The number of halogens is 2. The average Bonchev–Trinajstić information content (AvgIpc) is 2.95. The summed E-state index contributed by atoms with van der Waals surface area (Å²) in [7, 11) is -2.75. The van der Waals surface area contributed by atoms with Gasteiger partial charge in [-0.1, -0.05) is 17.7 Å². The van der Waals surface area contributed by atoms with Crippen molar-refractivity contribution in [2.45, 2.75) is 4.90 Å². The molecule has 0 unspecified atom stereocenters. The van der Waals surface area contributed by atoms with E-state index in [2.05, 4.69) is 0 Å². The summed E-state index contributed by atoms with van der Waals surface area (Å²) in [6, 6.07) is 7.89. The van der Waals surface area contributed by atoms with E-state index >= 15 is 0 Å². The Morgan fingerprint density at radius 1 is 1.23 bits per heavy atom. The molecule has 0 bridgehead atoms. The molecule has 0 aliphatic carbocycles. The number of sulfonamides is 1. The van der Waals surface area contributed by atoms with Crippen molar-refractivity contribution in [3.8, 4) is 22.7 Å². The molecule has 2 N–H and O–H groups in total. The number of nitrogens with zero attached hydrogens (tertiary/aromatic N) is 1. The zero-order valence-electron chi connectivity index (χ0n) is 13.3. The normalized spacial score (nSPS) is 11.5. The minimum absolute atomic E-state index is 0.205. The largest absolute Gasteiger partial charge is 0.495 e. The molecule has 0 saturated carbocycles. The lowest BCUT2D eigenvalue weighted by Crippen LogP contribution is -2.15. The van der Waals surface area contributed by atoms with Crippen molar-refractivity contribution in [1.82, 2.24) is 4.57 Å². The van der Waals surface area contributed by atoms with E-state index in [0.29, 0.717) is 11.4 Å². The third-order valence-electron chi connectivity index (χ3n) is 3.62. The van der Waals surface area contributed by atoms with Crippen LogP contribution in [0.5, 0.6) is 5.75 Å². The fraction of sp³-hybridized carbons (Fsp3) is 0.0625. The fourth-order valence-electron chi connectivity index (χ4n) is 2.44. The molecule has 0 amide bonds. The van der Waals surface area contributed by atoms with Crippen LogP contribution >= 0.6 is 11.6 Å². The second-order valence-corrected chi connectivity index (χ2v) is 7.17. The first-order valence-electron chi connectivity index (χ1n) is 7.09. The van der Waals surface area contributed by atoms with Crippen LogP contribution in [0.4, 0.5) is 4.39 Å². The molecular formula is C16H12ClFN2O5S. The van der Waals surface area contributed by atoms with Gasteiger partial charge in [0.25, 0.3) is 0 Å². The van der Waals surface area contributed by atoms with Crippen LogP contribution in [0, 0.1) is 5.82 Å². The molecule has 0 aliphatic heterocycles. The Kier molecular flexibility index (Phi) is 4.61. The summed E-state index contributed by atoms with van der Waals surface area (Å²) in [5.41, 5.74) is 0.782. The third kappa shape index (κ3) is 3.24. The van der Waals surface area contributed by atoms with Crippen LogP contribution in [0.3, 0.4) is 0 Å². The number of hydrogen-bond donors (Lipinski definition) is 1. The molecule has 0 atom stereocenters. The van der Waals surface area contributed by atoms with Crippen molar-refractivity contribution in [2.24, 2.45) is 5.14 Å². The van der Waals surface area contributed by atoms with Crippen LogP contribution in [-0.2, 0) is 10.0 Å². The molecule has 2 aromatic carbocycles. The highest BCUT2D eigenvalue weighted by Crippen LogP contribution is 2.29. The molecule has 0 saturated heterocycles. The smallest absolute Gasteiger partial charge is 0.424 e. The van der Waals surface area contributed by atoms with Crippen LogP contribution < -0.4 is 15.6 Å². The van der Waals surface area contributed by atoms with Crippen molar-refractivity contribution >= 4 is 21.6 Å². The van der Waals surface area contributed by atoms with E-state index in [1.807, 2.05) is 0 Å². The van der Waals surface area contributed by atoms with Crippen LogP contribution in [0.1, 0.15) is 0 Å². The van der Waals surface area contributed by atoms with E-state index in [9.17, 15) is 17.6 Å². The molecule has 3 aromatic rings. The van der Waals surface area contributed by atoms with E-state index in [0.717, 1.165) is 23.0 Å². The number of nitrogens with two attached hydrogens (primary N) is 1. The molecule has 0 spiro atoms. The number of aromatic nitrogens is 1. The lowest BCUT2D eigenvalue weighted by molar-refractivity contribution is 0.415. The van der Waals surface area contributed by atoms with Crippen LogP contribution in [0.2, 0.25) is 5.02 Å². The molecule has 26 heavy (non-hydrogen) atoms. The van der Waals surface area contributed by atoms with Crippen molar-refractivity contribution in [2.75, 3.05) is 7.11 Å². The summed E-state index contributed by atoms with van der Waals surface area (Å²) < 4.78 is 47.9.